The number of hydrogen-bond acceptors (Lipinski definition) is 8. The SMILES string of the molecule is CS(=O)(=O)c1cccc(C#CCN2CCS(=O)(=O)CC2)c1C1=NCN=N1. The van der Waals surface area contributed by atoms with E-state index in [1.807, 2.05) is 4.90 Å². The first kappa shape index (κ1) is 18.7. The van der Waals surface area contributed by atoms with Crippen LogP contribution in [0.15, 0.2) is 38.3 Å². The fourth-order valence-corrected chi connectivity index (χ4v) is 4.86. The van der Waals surface area contributed by atoms with Crippen LogP contribution >= 0.6 is 0 Å². The first-order valence-electron chi connectivity index (χ1n) is 7.93. The topological polar surface area (TPSA) is 109 Å². The molecule has 2 heterocycles. The fourth-order valence-electron chi connectivity index (χ4n) is 2.69. The molecule has 2 aliphatic rings. The molecule has 1 aromatic carbocycles. The van der Waals surface area contributed by atoms with Crippen molar-refractivity contribution < 1.29 is 16.8 Å². The Kier molecular flexibility index (Phi) is 5.22. The Hall–Kier alpha value is -2.09. The summed E-state index contributed by atoms with van der Waals surface area (Å²) in [7, 11) is -6.41. The van der Waals surface area contributed by atoms with Gasteiger partial charge in [0.15, 0.2) is 32.2 Å². The predicted molar refractivity (Wildman–Crippen MR) is 97.8 cm³/mol. The van der Waals surface area contributed by atoms with Gasteiger partial charge in [-0.2, -0.15) is 5.11 Å². The van der Waals surface area contributed by atoms with Crippen LogP contribution in [0, 0.1) is 11.8 Å². The standard InChI is InChI=1S/C16H18N4O4S2/c1-25(21,22)14-6-2-4-13(15(14)16-17-12-18-19-16)5-3-7-20-8-10-26(23,24)11-9-20/h2,4,6H,7-12H2,1H3. The smallest absolute Gasteiger partial charge is 0.181 e. The largest absolute Gasteiger partial charge is 0.290 e. The van der Waals surface area contributed by atoms with Gasteiger partial charge in [-0.3, -0.25) is 4.90 Å². The van der Waals surface area contributed by atoms with Crippen molar-refractivity contribution in [2.75, 3.05) is 44.1 Å². The van der Waals surface area contributed by atoms with Crippen LogP contribution < -0.4 is 0 Å². The highest BCUT2D eigenvalue weighted by Crippen LogP contribution is 2.22. The van der Waals surface area contributed by atoms with E-state index < -0.39 is 19.7 Å². The van der Waals surface area contributed by atoms with Crippen molar-refractivity contribution in [3.05, 3.63) is 29.3 Å². The molecule has 0 aromatic heterocycles. The molecule has 0 spiro atoms. The third-order valence-electron chi connectivity index (χ3n) is 4.06. The Morgan fingerprint density at radius 1 is 1.23 bits per heavy atom. The molecule has 0 aliphatic carbocycles. The van der Waals surface area contributed by atoms with E-state index in [0.29, 0.717) is 30.8 Å². The third kappa shape index (κ3) is 4.35. The molecule has 1 aromatic rings. The summed E-state index contributed by atoms with van der Waals surface area (Å²) < 4.78 is 47.1. The second-order valence-corrected chi connectivity index (χ2v) is 10.3. The summed E-state index contributed by atoms with van der Waals surface area (Å²) in [5.74, 6) is 6.53. The molecule has 2 aliphatic heterocycles. The van der Waals surface area contributed by atoms with E-state index in [1.165, 1.54) is 6.07 Å². The maximum atomic E-state index is 12.1. The predicted octanol–water partition coefficient (Wildman–Crippen LogP) is 0.342. The van der Waals surface area contributed by atoms with Crippen LogP contribution in [0.25, 0.3) is 0 Å². The Balaban J connectivity index is 1.88. The van der Waals surface area contributed by atoms with E-state index in [-0.39, 0.29) is 28.9 Å². The highest BCUT2D eigenvalue weighted by atomic mass is 32.2. The molecule has 10 heteroatoms. The molecule has 0 atom stereocenters. The number of benzene rings is 1. The Morgan fingerprint density at radius 2 is 1.96 bits per heavy atom. The molecule has 0 saturated carbocycles. The summed E-state index contributed by atoms with van der Waals surface area (Å²) in [6.45, 7) is 1.48. The van der Waals surface area contributed by atoms with Crippen molar-refractivity contribution in [1.29, 1.82) is 0 Å². The molecule has 138 valence electrons. The quantitative estimate of drug-likeness (QED) is 0.687. The Bertz CT molecular complexity index is 1030. The molecular weight excluding hydrogens is 376 g/mol. The first-order valence-corrected chi connectivity index (χ1v) is 11.6. The summed E-state index contributed by atoms with van der Waals surface area (Å²) in [4.78, 5) is 6.21. The number of hydrogen-bond donors (Lipinski definition) is 0. The maximum Gasteiger partial charge on any atom is 0.181 e. The van der Waals surface area contributed by atoms with Crippen molar-refractivity contribution in [3.63, 3.8) is 0 Å². The van der Waals surface area contributed by atoms with Gasteiger partial charge < -0.3 is 0 Å². The normalized spacial score (nSPS) is 19.7. The van der Waals surface area contributed by atoms with Gasteiger partial charge in [0.1, 0.15) is 0 Å². The van der Waals surface area contributed by atoms with Gasteiger partial charge in [0.05, 0.1) is 28.5 Å². The third-order valence-corrected chi connectivity index (χ3v) is 6.81. The zero-order valence-electron chi connectivity index (χ0n) is 14.2. The van der Waals surface area contributed by atoms with Crippen LogP contribution in [0.5, 0.6) is 0 Å². The summed E-state index contributed by atoms with van der Waals surface area (Å²) in [6, 6.07) is 4.85. The molecule has 0 N–H and O–H groups in total. The van der Waals surface area contributed by atoms with Crippen LogP contribution in [0.3, 0.4) is 0 Å². The Morgan fingerprint density at radius 3 is 2.58 bits per heavy atom. The minimum Gasteiger partial charge on any atom is -0.290 e. The highest BCUT2D eigenvalue weighted by molar-refractivity contribution is 7.91. The van der Waals surface area contributed by atoms with Gasteiger partial charge in [-0.15, -0.1) is 5.11 Å². The van der Waals surface area contributed by atoms with Gasteiger partial charge in [0.25, 0.3) is 0 Å². The molecule has 0 amide bonds. The lowest BCUT2D eigenvalue weighted by molar-refractivity contribution is 0.332. The zero-order valence-corrected chi connectivity index (χ0v) is 15.8. The van der Waals surface area contributed by atoms with E-state index in [0.717, 1.165) is 6.26 Å². The molecule has 0 unspecified atom stereocenters. The van der Waals surface area contributed by atoms with E-state index in [2.05, 4.69) is 27.1 Å². The van der Waals surface area contributed by atoms with Crippen LogP contribution in [0.1, 0.15) is 11.1 Å². The second-order valence-electron chi connectivity index (χ2n) is 6.05. The summed E-state index contributed by atoms with van der Waals surface area (Å²) in [5, 5.41) is 7.71. The van der Waals surface area contributed by atoms with E-state index in [1.54, 1.807) is 12.1 Å². The number of sulfone groups is 2. The number of nitrogens with zero attached hydrogens (tertiary/aromatic N) is 4. The van der Waals surface area contributed by atoms with Gasteiger partial charge in [0.2, 0.25) is 0 Å². The van der Waals surface area contributed by atoms with Crippen LogP contribution in [0.4, 0.5) is 0 Å². The zero-order chi connectivity index (χ0) is 18.8. The summed E-state index contributed by atoms with van der Waals surface area (Å²) >= 11 is 0. The molecule has 26 heavy (non-hydrogen) atoms. The van der Waals surface area contributed by atoms with Crippen LogP contribution in [0.2, 0.25) is 0 Å². The molecule has 0 bridgehead atoms. The summed E-state index contributed by atoms with van der Waals surface area (Å²) in [6.07, 6.45) is 1.13. The number of aliphatic imine (C=N–C) groups is 1. The first-order chi connectivity index (χ1) is 12.3. The fraction of sp³-hybridized carbons (Fsp3) is 0.438. The lowest BCUT2D eigenvalue weighted by Crippen LogP contribution is -2.40. The molecular formula is C16H18N4O4S2. The van der Waals surface area contributed by atoms with E-state index in [4.69, 9.17) is 0 Å². The highest BCUT2D eigenvalue weighted by Gasteiger charge is 2.22. The van der Waals surface area contributed by atoms with Crippen molar-refractivity contribution in [3.8, 4) is 11.8 Å². The Labute approximate surface area is 152 Å². The molecule has 0 radical (unpaired) electrons. The van der Waals surface area contributed by atoms with E-state index >= 15 is 0 Å². The monoisotopic (exact) mass is 394 g/mol. The van der Waals surface area contributed by atoms with Crippen molar-refractivity contribution >= 4 is 25.5 Å². The lowest BCUT2D eigenvalue weighted by atomic mass is 10.1. The number of azo groups is 1. The van der Waals surface area contributed by atoms with Crippen molar-refractivity contribution in [2.24, 2.45) is 15.2 Å². The molecule has 1 fully saturated rings. The average Bonchev–Trinajstić information content (AvgIpc) is 3.09. The second kappa shape index (κ2) is 7.26. The van der Waals surface area contributed by atoms with Gasteiger partial charge in [-0.25, -0.2) is 21.8 Å². The van der Waals surface area contributed by atoms with Crippen LogP contribution in [-0.2, 0) is 19.7 Å². The van der Waals surface area contributed by atoms with Gasteiger partial charge in [-0.1, -0.05) is 17.9 Å². The maximum absolute atomic E-state index is 12.1. The minimum atomic E-state index is -3.48. The van der Waals surface area contributed by atoms with E-state index in [9.17, 15) is 16.8 Å². The van der Waals surface area contributed by atoms with Gasteiger partial charge >= 0.3 is 0 Å². The van der Waals surface area contributed by atoms with Gasteiger partial charge in [-0.05, 0) is 12.1 Å². The van der Waals surface area contributed by atoms with Crippen molar-refractivity contribution in [1.82, 2.24) is 4.90 Å². The average molecular weight is 394 g/mol. The summed E-state index contributed by atoms with van der Waals surface area (Å²) in [5.41, 5.74) is 0.877. The van der Waals surface area contributed by atoms with Crippen LogP contribution in [-0.4, -0.2) is 71.6 Å². The van der Waals surface area contributed by atoms with Gasteiger partial charge in [0, 0.05) is 24.9 Å². The lowest BCUT2D eigenvalue weighted by Gasteiger charge is -2.24. The van der Waals surface area contributed by atoms with Crippen molar-refractivity contribution in [2.45, 2.75) is 4.90 Å². The number of rotatable bonds is 3. The molecule has 1 saturated heterocycles. The molecule has 3 rings (SSSR count). The molecule has 8 nitrogen and oxygen atoms in total. The minimum absolute atomic E-state index is 0.118. The number of amidine groups is 1.